The molecule has 2 rings (SSSR count). The van der Waals surface area contributed by atoms with E-state index in [1.807, 2.05) is 13.2 Å². The van der Waals surface area contributed by atoms with Gasteiger partial charge in [0.05, 0.1) is 5.01 Å². The molecular formula is C17H31IN4S. The third kappa shape index (κ3) is 8.33. The lowest BCUT2D eigenvalue weighted by molar-refractivity contribution is 0.472. The second kappa shape index (κ2) is 12.1. The monoisotopic (exact) mass is 450 g/mol. The Morgan fingerprint density at radius 1 is 1.26 bits per heavy atom. The van der Waals surface area contributed by atoms with Crippen molar-refractivity contribution in [1.29, 1.82) is 0 Å². The van der Waals surface area contributed by atoms with Crippen molar-refractivity contribution in [1.82, 2.24) is 15.6 Å². The lowest BCUT2D eigenvalue weighted by Crippen LogP contribution is -2.38. The summed E-state index contributed by atoms with van der Waals surface area (Å²) < 4.78 is 0. The van der Waals surface area contributed by atoms with E-state index >= 15 is 0 Å². The standard InChI is InChI=1S/C17H30N4S.HI/c1-14-13-21-16(22-14)10-12-20-17(18-2)19-11-6-5-9-15-7-3-4-8-15;/h13,15H,3-12H2,1-2H3,(H2,18,19,20);1H. The molecule has 132 valence electrons. The van der Waals surface area contributed by atoms with Crippen LogP contribution in [-0.4, -0.2) is 31.1 Å². The van der Waals surface area contributed by atoms with Crippen LogP contribution in [0.5, 0.6) is 0 Å². The molecule has 2 N–H and O–H groups in total. The fourth-order valence-electron chi connectivity index (χ4n) is 3.09. The number of unbranched alkanes of at least 4 members (excludes halogenated alkanes) is 1. The molecule has 0 aliphatic heterocycles. The molecule has 23 heavy (non-hydrogen) atoms. The number of halogens is 1. The predicted molar refractivity (Wildman–Crippen MR) is 111 cm³/mol. The number of aromatic nitrogens is 1. The molecule has 0 amide bonds. The molecule has 0 aromatic carbocycles. The first-order chi connectivity index (χ1) is 10.8. The van der Waals surface area contributed by atoms with Gasteiger partial charge in [-0.05, 0) is 19.3 Å². The minimum absolute atomic E-state index is 0. The zero-order valence-electron chi connectivity index (χ0n) is 14.4. The van der Waals surface area contributed by atoms with Crippen LogP contribution < -0.4 is 10.6 Å². The highest BCUT2D eigenvalue weighted by molar-refractivity contribution is 14.0. The number of nitrogens with one attached hydrogen (secondary N) is 2. The zero-order valence-corrected chi connectivity index (χ0v) is 17.6. The third-order valence-electron chi connectivity index (χ3n) is 4.33. The van der Waals surface area contributed by atoms with E-state index in [-0.39, 0.29) is 24.0 Å². The normalized spacial score (nSPS) is 15.5. The topological polar surface area (TPSA) is 49.3 Å². The summed E-state index contributed by atoms with van der Waals surface area (Å²) in [6.07, 6.45) is 12.7. The van der Waals surface area contributed by atoms with Gasteiger partial charge in [-0.15, -0.1) is 35.3 Å². The summed E-state index contributed by atoms with van der Waals surface area (Å²) in [4.78, 5) is 9.94. The van der Waals surface area contributed by atoms with Crippen LogP contribution in [0.1, 0.15) is 54.8 Å². The number of hydrogen-bond acceptors (Lipinski definition) is 3. The summed E-state index contributed by atoms with van der Waals surface area (Å²) >= 11 is 1.77. The molecule has 0 bridgehead atoms. The second-order valence-corrected chi connectivity index (χ2v) is 7.51. The molecule has 1 aliphatic rings. The van der Waals surface area contributed by atoms with Gasteiger partial charge < -0.3 is 10.6 Å². The highest BCUT2D eigenvalue weighted by Crippen LogP contribution is 2.28. The summed E-state index contributed by atoms with van der Waals surface area (Å²) in [7, 11) is 1.83. The van der Waals surface area contributed by atoms with Crippen molar-refractivity contribution in [3.05, 3.63) is 16.1 Å². The molecular weight excluding hydrogens is 419 g/mol. The van der Waals surface area contributed by atoms with Gasteiger partial charge in [-0.1, -0.05) is 38.5 Å². The van der Waals surface area contributed by atoms with E-state index in [4.69, 9.17) is 0 Å². The van der Waals surface area contributed by atoms with Gasteiger partial charge in [0.1, 0.15) is 0 Å². The SMILES string of the molecule is CN=C(NCCCCC1CCCC1)NCCc1ncc(C)s1.I. The van der Waals surface area contributed by atoms with Crippen LogP contribution in [0, 0.1) is 12.8 Å². The van der Waals surface area contributed by atoms with Crippen molar-refractivity contribution in [2.24, 2.45) is 10.9 Å². The maximum atomic E-state index is 4.38. The van der Waals surface area contributed by atoms with E-state index in [1.165, 1.54) is 54.8 Å². The zero-order chi connectivity index (χ0) is 15.6. The molecule has 0 radical (unpaired) electrons. The van der Waals surface area contributed by atoms with Gasteiger partial charge in [0.25, 0.3) is 0 Å². The van der Waals surface area contributed by atoms with Crippen LogP contribution >= 0.6 is 35.3 Å². The van der Waals surface area contributed by atoms with Crippen molar-refractivity contribution in [2.45, 2.75) is 58.3 Å². The molecule has 4 nitrogen and oxygen atoms in total. The molecule has 6 heteroatoms. The Kier molecular flexibility index (Phi) is 10.8. The maximum absolute atomic E-state index is 4.38. The average molecular weight is 450 g/mol. The fourth-order valence-corrected chi connectivity index (χ4v) is 3.88. The number of rotatable bonds is 8. The predicted octanol–water partition coefficient (Wildman–Crippen LogP) is 4.14. The van der Waals surface area contributed by atoms with E-state index in [9.17, 15) is 0 Å². The van der Waals surface area contributed by atoms with Crippen molar-refractivity contribution in [2.75, 3.05) is 20.1 Å². The Morgan fingerprint density at radius 3 is 2.65 bits per heavy atom. The summed E-state index contributed by atoms with van der Waals surface area (Å²) in [6.45, 7) is 4.00. The Balaban J connectivity index is 0.00000264. The van der Waals surface area contributed by atoms with Crippen molar-refractivity contribution in [3.63, 3.8) is 0 Å². The molecule has 0 atom stereocenters. The number of thiazole rings is 1. The molecule has 1 heterocycles. The van der Waals surface area contributed by atoms with Crippen LogP contribution in [0.4, 0.5) is 0 Å². The second-order valence-electron chi connectivity index (χ2n) is 6.19. The first-order valence-corrected chi connectivity index (χ1v) is 9.45. The highest BCUT2D eigenvalue weighted by Gasteiger charge is 2.13. The molecule has 1 fully saturated rings. The van der Waals surface area contributed by atoms with Gasteiger partial charge in [0.2, 0.25) is 0 Å². The Hall–Kier alpha value is -0.370. The number of guanidine groups is 1. The number of aryl methyl sites for hydroxylation is 1. The number of hydrogen-bond donors (Lipinski definition) is 2. The van der Waals surface area contributed by atoms with E-state index < -0.39 is 0 Å². The molecule has 1 aromatic rings. The first-order valence-electron chi connectivity index (χ1n) is 8.63. The van der Waals surface area contributed by atoms with Gasteiger partial charge in [-0.3, -0.25) is 4.99 Å². The van der Waals surface area contributed by atoms with Crippen LogP contribution in [0.15, 0.2) is 11.2 Å². The van der Waals surface area contributed by atoms with Gasteiger partial charge in [0, 0.05) is 37.6 Å². The van der Waals surface area contributed by atoms with E-state index in [0.717, 1.165) is 31.4 Å². The Bertz CT molecular complexity index is 455. The molecule has 0 unspecified atom stereocenters. The van der Waals surface area contributed by atoms with Gasteiger partial charge in [0.15, 0.2) is 5.96 Å². The fraction of sp³-hybridized carbons (Fsp3) is 0.765. The molecule has 1 aliphatic carbocycles. The van der Waals surface area contributed by atoms with Gasteiger partial charge in [-0.2, -0.15) is 0 Å². The Morgan fingerprint density at radius 2 is 2.00 bits per heavy atom. The summed E-state index contributed by atoms with van der Waals surface area (Å²) in [5.41, 5.74) is 0. The molecule has 0 spiro atoms. The van der Waals surface area contributed by atoms with Crippen molar-refractivity contribution in [3.8, 4) is 0 Å². The largest absolute Gasteiger partial charge is 0.356 e. The number of nitrogens with zero attached hydrogens (tertiary/aromatic N) is 2. The van der Waals surface area contributed by atoms with Crippen molar-refractivity contribution >= 4 is 41.3 Å². The smallest absolute Gasteiger partial charge is 0.190 e. The van der Waals surface area contributed by atoms with Crippen LogP contribution in [0.25, 0.3) is 0 Å². The third-order valence-corrected chi connectivity index (χ3v) is 5.30. The summed E-state index contributed by atoms with van der Waals surface area (Å²) in [5.74, 6) is 1.92. The lowest BCUT2D eigenvalue weighted by atomic mass is 10.0. The Labute approximate surface area is 162 Å². The average Bonchev–Trinajstić information content (AvgIpc) is 3.17. The van der Waals surface area contributed by atoms with E-state index in [1.54, 1.807) is 11.3 Å². The molecule has 0 saturated heterocycles. The van der Waals surface area contributed by atoms with Crippen LogP contribution in [-0.2, 0) is 6.42 Å². The minimum Gasteiger partial charge on any atom is -0.356 e. The lowest BCUT2D eigenvalue weighted by Gasteiger charge is -2.12. The minimum atomic E-state index is 0. The summed E-state index contributed by atoms with van der Waals surface area (Å²) in [5, 5.41) is 7.96. The van der Waals surface area contributed by atoms with Crippen LogP contribution in [0.3, 0.4) is 0 Å². The molecule has 1 aromatic heterocycles. The first kappa shape index (κ1) is 20.7. The van der Waals surface area contributed by atoms with E-state index in [2.05, 4.69) is 27.5 Å². The van der Waals surface area contributed by atoms with E-state index in [0.29, 0.717) is 0 Å². The maximum Gasteiger partial charge on any atom is 0.190 e. The quantitative estimate of drug-likeness (QED) is 0.271. The molecule has 1 saturated carbocycles. The van der Waals surface area contributed by atoms with Gasteiger partial charge >= 0.3 is 0 Å². The summed E-state index contributed by atoms with van der Waals surface area (Å²) in [6, 6.07) is 0. The highest BCUT2D eigenvalue weighted by atomic mass is 127. The van der Waals surface area contributed by atoms with Crippen LogP contribution in [0.2, 0.25) is 0 Å². The number of aliphatic imine (C=N–C) groups is 1. The van der Waals surface area contributed by atoms with Gasteiger partial charge in [-0.25, -0.2) is 4.98 Å². The van der Waals surface area contributed by atoms with Crippen molar-refractivity contribution < 1.29 is 0 Å².